The molecule has 2 amide bonds. The molecule has 1 aliphatic rings. The predicted molar refractivity (Wildman–Crippen MR) is 72.0 cm³/mol. The zero-order chi connectivity index (χ0) is 14.4. The first-order chi connectivity index (χ1) is 9.70. The average Bonchev–Trinajstić information content (AvgIpc) is 3.09. The summed E-state index contributed by atoms with van der Waals surface area (Å²) in [6.45, 7) is 0.377. The molecule has 110 valence electrons. The lowest BCUT2D eigenvalue weighted by Gasteiger charge is -2.18. The number of aliphatic hydroxyl groups is 1. The average molecular weight is 280 g/mol. The van der Waals surface area contributed by atoms with E-state index in [2.05, 4.69) is 10.6 Å². The van der Waals surface area contributed by atoms with Gasteiger partial charge < -0.3 is 20.2 Å². The molecular formula is C14H20N2O4. The lowest BCUT2D eigenvalue weighted by atomic mass is 10.1. The summed E-state index contributed by atoms with van der Waals surface area (Å²) in [5, 5.41) is 14.7. The van der Waals surface area contributed by atoms with Crippen molar-refractivity contribution in [3.05, 3.63) is 24.2 Å². The van der Waals surface area contributed by atoms with Crippen LogP contribution in [0.5, 0.6) is 0 Å². The Morgan fingerprint density at radius 1 is 1.40 bits per heavy atom. The summed E-state index contributed by atoms with van der Waals surface area (Å²) >= 11 is 0. The SMILES string of the molecule is O=C(CCNC(=O)c1ccco1)NC1CCCC1CO. The number of amides is 2. The fourth-order valence-corrected chi connectivity index (χ4v) is 2.51. The van der Waals surface area contributed by atoms with Gasteiger partial charge in [0.1, 0.15) is 0 Å². The summed E-state index contributed by atoms with van der Waals surface area (Å²) in [6, 6.07) is 3.27. The molecule has 0 spiro atoms. The molecule has 0 aromatic carbocycles. The van der Waals surface area contributed by atoms with Gasteiger partial charge in [-0.05, 0) is 25.0 Å². The van der Waals surface area contributed by atoms with Crippen LogP contribution in [0.2, 0.25) is 0 Å². The van der Waals surface area contributed by atoms with E-state index in [0.717, 1.165) is 19.3 Å². The molecule has 1 aromatic heterocycles. The molecule has 2 unspecified atom stereocenters. The Kier molecular flexibility index (Phi) is 5.17. The van der Waals surface area contributed by atoms with E-state index < -0.39 is 0 Å². The molecule has 0 radical (unpaired) electrons. The second-order valence-corrected chi connectivity index (χ2v) is 5.03. The number of hydrogen-bond acceptors (Lipinski definition) is 4. The van der Waals surface area contributed by atoms with Gasteiger partial charge in [0.05, 0.1) is 6.26 Å². The molecule has 2 atom stereocenters. The van der Waals surface area contributed by atoms with Crippen molar-refractivity contribution in [2.24, 2.45) is 5.92 Å². The monoisotopic (exact) mass is 280 g/mol. The molecule has 1 aromatic rings. The van der Waals surface area contributed by atoms with Gasteiger partial charge >= 0.3 is 0 Å². The van der Waals surface area contributed by atoms with E-state index in [1.54, 1.807) is 12.1 Å². The quantitative estimate of drug-likeness (QED) is 0.714. The van der Waals surface area contributed by atoms with Crippen LogP contribution in [0, 0.1) is 5.92 Å². The highest BCUT2D eigenvalue weighted by Gasteiger charge is 2.27. The van der Waals surface area contributed by atoms with Gasteiger partial charge in [-0.2, -0.15) is 0 Å². The summed E-state index contributed by atoms with van der Waals surface area (Å²) in [5.74, 6) is -0.0230. The zero-order valence-electron chi connectivity index (χ0n) is 11.3. The smallest absolute Gasteiger partial charge is 0.286 e. The van der Waals surface area contributed by atoms with Crippen LogP contribution >= 0.6 is 0 Å². The molecule has 20 heavy (non-hydrogen) atoms. The van der Waals surface area contributed by atoms with Gasteiger partial charge in [-0.3, -0.25) is 9.59 Å². The van der Waals surface area contributed by atoms with E-state index in [9.17, 15) is 14.7 Å². The van der Waals surface area contributed by atoms with Crippen LogP contribution in [0.3, 0.4) is 0 Å². The maximum atomic E-state index is 11.8. The largest absolute Gasteiger partial charge is 0.459 e. The molecule has 6 heteroatoms. The van der Waals surface area contributed by atoms with Gasteiger partial charge in [-0.15, -0.1) is 0 Å². The van der Waals surface area contributed by atoms with Crippen LogP contribution < -0.4 is 10.6 Å². The van der Waals surface area contributed by atoms with E-state index in [1.165, 1.54) is 6.26 Å². The standard InChI is InChI=1S/C14H20N2O4/c17-9-10-3-1-4-11(10)16-13(18)6-7-15-14(19)12-5-2-8-20-12/h2,5,8,10-11,17H,1,3-4,6-7,9H2,(H,15,19)(H,16,18). The highest BCUT2D eigenvalue weighted by molar-refractivity contribution is 5.91. The fraction of sp³-hybridized carbons (Fsp3) is 0.571. The van der Waals surface area contributed by atoms with Gasteiger partial charge in [0.25, 0.3) is 5.91 Å². The summed E-state index contributed by atoms with van der Waals surface area (Å²) < 4.78 is 4.95. The third-order valence-electron chi connectivity index (χ3n) is 3.62. The molecule has 2 rings (SSSR count). The van der Waals surface area contributed by atoms with Crippen molar-refractivity contribution >= 4 is 11.8 Å². The fourth-order valence-electron chi connectivity index (χ4n) is 2.51. The maximum absolute atomic E-state index is 11.8. The van der Waals surface area contributed by atoms with Crippen molar-refractivity contribution in [3.8, 4) is 0 Å². The van der Waals surface area contributed by atoms with Crippen LogP contribution in [0.15, 0.2) is 22.8 Å². The van der Waals surface area contributed by atoms with Crippen molar-refractivity contribution in [2.75, 3.05) is 13.2 Å². The lowest BCUT2D eigenvalue weighted by Crippen LogP contribution is -2.40. The predicted octanol–water partition coefficient (Wildman–Crippen LogP) is 0.677. The van der Waals surface area contributed by atoms with Crippen molar-refractivity contribution < 1.29 is 19.1 Å². The summed E-state index contributed by atoms with van der Waals surface area (Å²) in [7, 11) is 0. The number of carbonyl (C=O) groups is 2. The van der Waals surface area contributed by atoms with Crippen molar-refractivity contribution in [3.63, 3.8) is 0 Å². The number of rotatable bonds is 6. The number of hydrogen-bond donors (Lipinski definition) is 3. The van der Waals surface area contributed by atoms with Crippen LogP contribution in [0.25, 0.3) is 0 Å². The Labute approximate surface area is 117 Å². The molecule has 0 saturated heterocycles. The minimum atomic E-state index is -0.322. The van der Waals surface area contributed by atoms with Gasteiger partial charge in [-0.25, -0.2) is 0 Å². The normalized spacial score (nSPS) is 21.6. The zero-order valence-corrected chi connectivity index (χ0v) is 11.3. The summed E-state index contributed by atoms with van der Waals surface area (Å²) in [6.07, 6.45) is 4.55. The molecule has 1 saturated carbocycles. The number of furan rings is 1. The Morgan fingerprint density at radius 3 is 2.95 bits per heavy atom. The van der Waals surface area contributed by atoms with Crippen molar-refractivity contribution in [1.82, 2.24) is 10.6 Å². The Balaban J connectivity index is 1.66. The third-order valence-corrected chi connectivity index (χ3v) is 3.62. The minimum Gasteiger partial charge on any atom is -0.459 e. The molecular weight excluding hydrogens is 260 g/mol. The lowest BCUT2D eigenvalue weighted by molar-refractivity contribution is -0.122. The summed E-state index contributed by atoms with van der Waals surface area (Å²) in [4.78, 5) is 23.3. The second-order valence-electron chi connectivity index (χ2n) is 5.03. The van der Waals surface area contributed by atoms with Crippen molar-refractivity contribution in [1.29, 1.82) is 0 Å². The Hall–Kier alpha value is -1.82. The molecule has 1 fully saturated rings. The third kappa shape index (κ3) is 3.84. The van der Waals surface area contributed by atoms with Gasteiger partial charge in [0.2, 0.25) is 5.91 Å². The first-order valence-electron chi connectivity index (χ1n) is 6.92. The molecule has 0 aliphatic heterocycles. The molecule has 0 bridgehead atoms. The number of nitrogens with one attached hydrogen (secondary N) is 2. The Bertz CT molecular complexity index is 444. The van der Waals surface area contributed by atoms with E-state index in [-0.39, 0.29) is 49.1 Å². The molecule has 1 aliphatic carbocycles. The van der Waals surface area contributed by atoms with Gasteiger partial charge in [-0.1, -0.05) is 6.42 Å². The number of carbonyl (C=O) groups excluding carboxylic acids is 2. The maximum Gasteiger partial charge on any atom is 0.286 e. The minimum absolute atomic E-state index is 0.0632. The first kappa shape index (κ1) is 14.6. The number of aliphatic hydroxyl groups excluding tert-OH is 1. The van der Waals surface area contributed by atoms with E-state index >= 15 is 0 Å². The molecule has 1 heterocycles. The van der Waals surface area contributed by atoms with E-state index in [0.29, 0.717) is 0 Å². The molecule has 3 N–H and O–H groups in total. The highest BCUT2D eigenvalue weighted by Crippen LogP contribution is 2.24. The van der Waals surface area contributed by atoms with Crippen LogP contribution in [-0.2, 0) is 4.79 Å². The highest BCUT2D eigenvalue weighted by atomic mass is 16.3. The van der Waals surface area contributed by atoms with E-state index in [1.807, 2.05) is 0 Å². The first-order valence-corrected chi connectivity index (χ1v) is 6.92. The van der Waals surface area contributed by atoms with E-state index in [4.69, 9.17) is 4.42 Å². The second kappa shape index (κ2) is 7.09. The summed E-state index contributed by atoms with van der Waals surface area (Å²) in [5.41, 5.74) is 0. The van der Waals surface area contributed by atoms with Crippen LogP contribution in [0.4, 0.5) is 0 Å². The van der Waals surface area contributed by atoms with Crippen LogP contribution in [-0.4, -0.2) is 36.1 Å². The Morgan fingerprint density at radius 2 is 2.25 bits per heavy atom. The van der Waals surface area contributed by atoms with Crippen molar-refractivity contribution in [2.45, 2.75) is 31.7 Å². The molecule has 6 nitrogen and oxygen atoms in total. The topological polar surface area (TPSA) is 91.6 Å². The van der Waals surface area contributed by atoms with Gasteiger partial charge in [0, 0.05) is 31.5 Å². The van der Waals surface area contributed by atoms with Gasteiger partial charge in [0.15, 0.2) is 5.76 Å². The van der Waals surface area contributed by atoms with Crippen LogP contribution in [0.1, 0.15) is 36.2 Å².